The summed E-state index contributed by atoms with van der Waals surface area (Å²) in [6.07, 6.45) is 5.65. The Kier molecular flexibility index (Phi) is 6.00. The van der Waals surface area contributed by atoms with Crippen molar-refractivity contribution >= 4 is 11.8 Å². The van der Waals surface area contributed by atoms with E-state index in [0.29, 0.717) is 17.7 Å². The van der Waals surface area contributed by atoms with Crippen LogP contribution in [0, 0.1) is 5.82 Å². The van der Waals surface area contributed by atoms with Crippen LogP contribution in [0.1, 0.15) is 58.4 Å². The normalized spacial score (nSPS) is 14.7. The van der Waals surface area contributed by atoms with E-state index in [1.807, 2.05) is 0 Å². The molecule has 4 nitrogen and oxygen atoms in total. The lowest BCUT2D eigenvalue weighted by Gasteiger charge is -2.22. The van der Waals surface area contributed by atoms with Crippen molar-refractivity contribution in [3.05, 3.63) is 71.0 Å². The number of hydrogen-bond acceptors (Lipinski definition) is 2. The number of carbonyl (C=O) groups excluding carboxylic acids is 2. The molecule has 0 unspecified atom stereocenters. The van der Waals surface area contributed by atoms with Gasteiger partial charge in [-0.3, -0.25) is 9.59 Å². The maximum atomic E-state index is 12.9. The molecule has 2 amide bonds. The largest absolute Gasteiger partial charge is 0.349 e. The first-order valence-corrected chi connectivity index (χ1v) is 9.05. The van der Waals surface area contributed by atoms with Crippen LogP contribution in [-0.2, 0) is 6.54 Å². The highest BCUT2D eigenvalue weighted by Gasteiger charge is 2.16. The maximum absolute atomic E-state index is 12.9. The van der Waals surface area contributed by atoms with Gasteiger partial charge in [0.1, 0.15) is 5.82 Å². The first-order valence-electron chi connectivity index (χ1n) is 9.05. The third-order valence-electron chi connectivity index (χ3n) is 4.72. The van der Waals surface area contributed by atoms with E-state index in [4.69, 9.17) is 0 Å². The molecule has 0 bridgehead atoms. The molecular weight excluding hydrogens is 331 g/mol. The van der Waals surface area contributed by atoms with Crippen molar-refractivity contribution in [2.24, 2.45) is 0 Å². The van der Waals surface area contributed by atoms with Crippen molar-refractivity contribution in [2.75, 3.05) is 0 Å². The molecule has 2 aromatic carbocycles. The van der Waals surface area contributed by atoms with E-state index in [-0.39, 0.29) is 23.7 Å². The third-order valence-corrected chi connectivity index (χ3v) is 4.72. The van der Waals surface area contributed by atoms with E-state index >= 15 is 0 Å². The highest BCUT2D eigenvalue weighted by atomic mass is 19.1. The van der Waals surface area contributed by atoms with Gasteiger partial charge in [-0.2, -0.15) is 0 Å². The number of hydrogen-bond donors (Lipinski definition) is 2. The van der Waals surface area contributed by atoms with E-state index in [2.05, 4.69) is 10.6 Å². The summed E-state index contributed by atoms with van der Waals surface area (Å²) in [5.41, 5.74) is 1.87. The molecule has 136 valence electrons. The minimum Gasteiger partial charge on any atom is -0.349 e. The van der Waals surface area contributed by atoms with Gasteiger partial charge in [-0.05, 0) is 54.8 Å². The summed E-state index contributed by atoms with van der Waals surface area (Å²) in [6, 6.07) is 12.9. The zero-order valence-corrected chi connectivity index (χ0v) is 14.6. The summed E-state index contributed by atoms with van der Waals surface area (Å²) in [4.78, 5) is 24.5. The molecule has 26 heavy (non-hydrogen) atoms. The predicted molar refractivity (Wildman–Crippen MR) is 98.4 cm³/mol. The number of nitrogens with one attached hydrogen (secondary N) is 2. The lowest BCUT2D eigenvalue weighted by Crippen LogP contribution is -2.36. The molecule has 1 aliphatic carbocycles. The molecule has 1 aliphatic rings. The molecular formula is C21H23FN2O2. The van der Waals surface area contributed by atoms with Crippen LogP contribution in [0.4, 0.5) is 4.39 Å². The van der Waals surface area contributed by atoms with Crippen LogP contribution in [0.3, 0.4) is 0 Å². The highest BCUT2D eigenvalue weighted by Crippen LogP contribution is 2.18. The lowest BCUT2D eigenvalue weighted by molar-refractivity contribution is 0.0922. The first-order chi connectivity index (χ1) is 12.6. The van der Waals surface area contributed by atoms with Gasteiger partial charge in [0.2, 0.25) is 0 Å². The summed E-state index contributed by atoms with van der Waals surface area (Å²) in [5, 5.41) is 5.85. The number of benzene rings is 2. The lowest BCUT2D eigenvalue weighted by atomic mass is 9.95. The molecule has 1 saturated carbocycles. The van der Waals surface area contributed by atoms with Gasteiger partial charge in [-0.15, -0.1) is 0 Å². The van der Waals surface area contributed by atoms with Crippen LogP contribution in [0.15, 0.2) is 48.5 Å². The Balaban J connectivity index is 1.53. The van der Waals surface area contributed by atoms with Gasteiger partial charge in [0.05, 0.1) is 0 Å². The van der Waals surface area contributed by atoms with E-state index in [0.717, 1.165) is 31.2 Å². The van der Waals surface area contributed by atoms with E-state index < -0.39 is 0 Å². The fourth-order valence-electron chi connectivity index (χ4n) is 3.18. The van der Waals surface area contributed by atoms with Gasteiger partial charge in [-0.1, -0.05) is 31.4 Å². The van der Waals surface area contributed by atoms with E-state index in [1.54, 1.807) is 36.4 Å². The Labute approximate surface area is 152 Å². The smallest absolute Gasteiger partial charge is 0.251 e. The van der Waals surface area contributed by atoms with Crippen LogP contribution < -0.4 is 10.6 Å². The van der Waals surface area contributed by atoms with Gasteiger partial charge in [-0.25, -0.2) is 4.39 Å². The molecule has 3 rings (SSSR count). The Bertz CT molecular complexity index is 751. The van der Waals surface area contributed by atoms with Gasteiger partial charge in [0, 0.05) is 23.7 Å². The Morgan fingerprint density at radius 2 is 1.42 bits per heavy atom. The Morgan fingerprint density at radius 1 is 0.846 bits per heavy atom. The number of carbonyl (C=O) groups is 2. The van der Waals surface area contributed by atoms with Crippen LogP contribution >= 0.6 is 0 Å². The molecule has 2 aromatic rings. The van der Waals surface area contributed by atoms with Crippen molar-refractivity contribution in [2.45, 2.75) is 44.7 Å². The molecule has 0 radical (unpaired) electrons. The average Bonchev–Trinajstić information content (AvgIpc) is 2.68. The maximum Gasteiger partial charge on any atom is 0.251 e. The second-order valence-electron chi connectivity index (χ2n) is 6.69. The van der Waals surface area contributed by atoms with Crippen molar-refractivity contribution in [1.29, 1.82) is 0 Å². The molecule has 2 N–H and O–H groups in total. The van der Waals surface area contributed by atoms with Crippen LogP contribution in [0.5, 0.6) is 0 Å². The van der Waals surface area contributed by atoms with Crippen LogP contribution in [0.25, 0.3) is 0 Å². The van der Waals surface area contributed by atoms with Gasteiger partial charge < -0.3 is 10.6 Å². The Morgan fingerprint density at radius 3 is 2.04 bits per heavy atom. The fraction of sp³-hybridized carbons (Fsp3) is 0.333. The second-order valence-corrected chi connectivity index (χ2v) is 6.69. The minimum absolute atomic E-state index is 0.0878. The molecule has 0 spiro atoms. The monoisotopic (exact) mass is 354 g/mol. The molecule has 0 heterocycles. The quantitative estimate of drug-likeness (QED) is 0.858. The molecule has 0 aliphatic heterocycles. The van der Waals surface area contributed by atoms with E-state index in [1.165, 1.54) is 18.6 Å². The third kappa shape index (κ3) is 4.91. The summed E-state index contributed by atoms with van der Waals surface area (Å²) in [5.74, 6) is -0.620. The molecule has 0 saturated heterocycles. The molecule has 0 atom stereocenters. The Hall–Kier alpha value is -2.69. The summed E-state index contributed by atoms with van der Waals surface area (Å²) < 4.78 is 12.9. The van der Waals surface area contributed by atoms with Crippen molar-refractivity contribution < 1.29 is 14.0 Å². The van der Waals surface area contributed by atoms with Crippen molar-refractivity contribution in [3.8, 4) is 0 Å². The zero-order valence-electron chi connectivity index (χ0n) is 14.6. The summed E-state index contributed by atoms with van der Waals surface area (Å²) >= 11 is 0. The molecule has 1 fully saturated rings. The van der Waals surface area contributed by atoms with Crippen LogP contribution in [0.2, 0.25) is 0 Å². The average molecular weight is 354 g/mol. The van der Waals surface area contributed by atoms with Crippen molar-refractivity contribution in [3.63, 3.8) is 0 Å². The van der Waals surface area contributed by atoms with E-state index in [9.17, 15) is 14.0 Å². The first kappa shape index (κ1) is 18.1. The van der Waals surface area contributed by atoms with Gasteiger partial charge in [0.25, 0.3) is 11.8 Å². The fourth-order valence-corrected chi connectivity index (χ4v) is 3.18. The van der Waals surface area contributed by atoms with Crippen molar-refractivity contribution in [1.82, 2.24) is 10.6 Å². The number of amides is 2. The SMILES string of the molecule is O=C(NCc1ccc(F)cc1)c1ccc(C(=O)NC2CCCCC2)cc1. The topological polar surface area (TPSA) is 58.2 Å². The minimum atomic E-state index is -0.304. The highest BCUT2D eigenvalue weighted by molar-refractivity contribution is 5.97. The summed E-state index contributed by atoms with van der Waals surface area (Å²) in [6.45, 7) is 0.322. The van der Waals surface area contributed by atoms with Gasteiger partial charge >= 0.3 is 0 Å². The number of halogens is 1. The number of rotatable bonds is 5. The molecule has 5 heteroatoms. The predicted octanol–water partition coefficient (Wildman–Crippen LogP) is 3.82. The standard InChI is InChI=1S/C21H23FN2O2/c22-18-12-6-15(7-13-18)14-23-20(25)16-8-10-17(11-9-16)21(26)24-19-4-2-1-3-5-19/h6-13,19H,1-5,14H2,(H,23,25)(H,24,26). The summed E-state index contributed by atoms with van der Waals surface area (Å²) in [7, 11) is 0. The van der Waals surface area contributed by atoms with Crippen LogP contribution in [-0.4, -0.2) is 17.9 Å². The zero-order chi connectivity index (χ0) is 18.4. The second kappa shape index (κ2) is 8.61. The van der Waals surface area contributed by atoms with Gasteiger partial charge in [0.15, 0.2) is 0 Å². The molecule has 0 aromatic heterocycles.